The summed E-state index contributed by atoms with van der Waals surface area (Å²) in [6.07, 6.45) is 2.78. The third-order valence-corrected chi connectivity index (χ3v) is 8.17. The van der Waals surface area contributed by atoms with Crippen molar-refractivity contribution in [3.8, 4) is 5.75 Å². The van der Waals surface area contributed by atoms with Crippen LogP contribution < -0.4 is 21.3 Å². The molecule has 224 valence electrons. The number of benzene rings is 2. The number of nitrogens with zero attached hydrogens (tertiary/aromatic N) is 1. The number of aromatic hydroxyl groups is 1. The van der Waals surface area contributed by atoms with Crippen molar-refractivity contribution in [3.05, 3.63) is 57.6 Å². The van der Waals surface area contributed by atoms with Gasteiger partial charge < -0.3 is 41.7 Å². The van der Waals surface area contributed by atoms with Crippen molar-refractivity contribution in [2.45, 2.75) is 49.9 Å². The predicted octanol–water partition coefficient (Wildman–Crippen LogP) is 1.96. The van der Waals surface area contributed by atoms with E-state index in [2.05, 4.69) is 42.2 Å². The van der Waals surface area contributed by atoms with Gasteiger partial charge >= 0.3 is 5.97 Å². The number of guanidine groups is 1. The second-order valence-electron chi connectivity index (χ2n) is 11.2. The van der Waals surface area contributed by atoms with Crippen LogP contribution in [-0.4, -0.2) is 69.9 Å². The number of amides is 2. The molecule has 0 radical (unpaired) electrons. The maximum atomic E-state index is 12.9. The van der Waals surface area contributed by atoms with E-state index in [1.54, 1.807) is 12.1 Å². The summed E-state index contributed by atoms with van der Waals surface area (Å²) in [5.74, 6) is -1.81. The number of phenolic OH excluding ortho intramolecular Hbond substituents is 1. The topological polar surface area (TPSA) is 193 Å². The van der Waals surface area contributed by atoms with E-state index in [1.807, 2.05) is 6.07 Å². The molecule has 3 aliphatic rings. The van der Waals surface area contributed by atoms with E-state index in [9.17, 15) is 34.8 Å². The Labute approximate surface area is 250 Å². The van der Waals surface area contributed by atoms with Crippen molar-refractivity contribution >= 4 is 45.4 Å². The van der Waals surface area contributed by atoms with E-state index in [-0.39, 0.29) is 29.7 Å². The van der Waals surface area contributed by atoms with Crippen LogP contribution in [0.2, 0.25) is 0 Å². The fourth-order valence-electron chi connectivity index (χ4n) is 5.40. The summed E-state index contributed by atoms with van der Waals surface area (Å²) < 4.78 is 0.673. The number of rotatable bonds is 11. The second-order valence-corrected chi connectivity index (χ2v) is 12.1. The molecular weight excluding hydrogens is 610 g/mol. The number of carboxylic acids is 1. The Kier molecular flexibility index (Phi) is 8.71. The molecule has 0 aromatic heterocycles. The highest BCUT2D eigenvalue weighted by atomic mass is 79.9. The van der Waals surface area contributed by atoms with Crippen molar-refractivity contribution in [1.82, 2.24) is 16.0 Å². The first kappa shape index (κ1) is 29.8. The Bertz CT molecular complexity index is 1400. The number of nitrogens with one attached hydrogen (secondary N) is 4. The molecule has 8 N–H and O–H groups in total. The van der Waals surface area contributed by atoms with Gasteiger partial charge in [-0.3, -0.25) is 19.4 Å². The molecule has 1 heterocycles. The molecule has 1 unspecified atom stereocenters. The standard InChI is InChI=1S/C29H34BrN5O7/c30-20-6-15(5-19(9-20)29(42,17-1-2-17)18-3-4-18)24(11-26(39)40)35-25(38)14-31-27(41)16-7-21(10-22(36)8-16)34-28-32-12-23(37)13-33-28/h5-10,17-18,23-24,36-37,42H,1-4,11-14H2,(H,31,41)(H,35,38)(H,39,40)(H2,32,33,34)/t24-/m0/s1. The monoisotopic (exact) mass is 643 g/mol. The Balaban J connectivity index is 1.25. The minimum absolute atomic E-state index is 0.0832. The number of carbonyl (C=O) groups is 3. The van der Waals surface area contributed by atoms with Crippen molar-refractivity contribution in [1.29, 1.82) is 0 Å². The molecule has 1 aliphatic heterocycles. The molecule has 13 heteroatoms. The maximum Gasteiger partial charge on any atom is 0.305 e. The largest absolute Gasteiger partial charge is 0.508 e. The van der Waals surface area contributed by atoms with Crippen LogP contribution in [0.5, 0.6) is 5.75 Å². The average molecular weight is 645 g/mol. The molecule has 2 aromatic carbocycles. The van der Waals surface area contributed by atoms with Crippen molar-refractivity contribution < 1.29 is 34.8 Å². The molecule has 0 saturated heterocycles. The van der Waals surface area contributed by atoms with Gasteiger partial charge in [-0.1, -0.05) is 22.0 Å². The quantitative estimate of drug-likeness (QED) is 0.181. The normalized spacial score (nSPS) is 19.2. The molecule has 2 atom stereocenters. The van der Waals surface area contributed by atoms with E-state index in [0.29, 0.717) is 33.8 Å². The van der Waals surface area contributed by atoms with Gasteiger partial charge in [0.15, 0.2) is 5.96 Å². The van der Waals surface area contributed by atoms with E-state index >= 15 is 0 Å². The Morgan fingerprint density at radius 1 is 1.07 bits per heavy atom. The molecule has 5 rings (SSSR count). The van der Waals surface area contributed by atoms with Crippen LogP contribution in [0.25, 0.3) is 0 Å². The fraction of sp³-hybridized carbons (Fsp3) is 0.448. The van der Waals surface area contributed by atoms with Crippen LogP contribution in [0.15, 0.2) is 45.9 Å². The first-order valence-electron chi connectivity index (χ1n) is 13.9. The number of aliphatic hydroxyl groups is 2. The van der Waals surface area contributed by atoms with Gasteiger partial charge in [0.2, 0.25) is 5.91 Å². The lowest BCUT2D eigenvalue weighted by molar-refractivity contribution is -0.137. The first-order valence-corrected chi connectivity index (χ1v) is 14.7. The fourth-order valence-corrected chi connectivity index (χ4v) is 5.91. The zero-order valence-corrected chi connectivity index (χ0v) is 24.4. The van der Waals surface area contributed by atoms with E-state index in [4.69, 9.17) is 0 Å². The molecule has 2 aromatic rings. The molecule has 2 aliphatic carbocycles. The Hall–Kier alpha value is -3.68. The van der Waals surface area contributed by atoms with E-state index in [1.165, 1.54) is 18.2 Å². The summed E-state index contributed by atoms with van der Waals surface area (Å²) in [4.78, 5) is 41.6. The van der Waals surface area contributed by atoms with Gasteiger partial charge in [0.05, 0.1) is 37.3 Å². The first-order chi connectivity index (χ1) is 20.0. The van der Waals surface area contributed by atoms with Gasteiger partial charge in [-0.25, -0.2) is 0 Å². The molecule has 12 nitrogen and oxygen atoms in total. The summed E-state index contributed by atoms with van der Waals surface area (Å²) in [6.45, 7) is 0.0796. The molecule has 2 saturated carbocycles. The minimum atomic E-state index is -1.11. The number of aliphatic hydroxyl groups excluding tert-OH is 1. The van der Waals surface area contributed by atoms with Gasteiger partial charge in [-0.15, -0.1) is 0 Å². The Morgan fingerprint density at radius 2 is 1.79 bits per heavy atom. The molecule has 0 spiro atoms. The SMILES string of the molecule is O=C(O)C[C@H](NC(=O)CNC(=O)c1cc(O)cc(NC2=NCC(O)CN2)c1)c1cc(Br)cc(C(O)(C2CC2)C2CC2)c1. The van der Waals surface area contributed by atoms with Crippen molar-refractivity contribution in [2.24, 2.45) is 16.8 Å². The third kappa shape index (κ3) is 7.20. The van der Waals surface area contributed by atoms with Gasteiger partial charge in [0.25, 0.3) is 5.91 Å². The summed E-state index contributed by atoms with van der Waals surface area (Å²) in [7, 11) is 0. The number of carbonyl (C=O) groups excluding carboxylic acids is 2. The molecule has 2 amide bonds. The number of hydrogen-bond donors (Lipinski definition) is 8. The van der Waals surface area contributed by atoms with Gasteiger partial charge in [0.1, 0.15) is 5.75 Å². The number of phenols is 1. The summed E-state index contributed by atoms with van der Waals surface area (Å²) in [5, 5.41) is 51.9. The van der Waals surface area contributed by atoms with Crippen LogP contribution in [0.3, 0.4) is 0 Å². The van der Waals surface area contributed by atoms with Crippen LogP contribution in [-0.2, 0) is 15.2 Å². The number of anilines is 1. The molecule has 2 fully saturated rings. The maximum absolute atomic E-state index is 12.9. The van der Waals surface area contributed by atoms with E-state index in [0.717, 1.165) is 25.7 Å². The number of halogens is 1. The summed E-state index contributed by atoms with van der Waals surface area (Å²) >= 11 is 3.49. The van der Waals surface area contributed by atoms with Crippen LogP contribution in [0.4, 0.5) is 5.69 Å². The van der Waals surface area contributed by atoms with Crippen molar-refractivity contribution in [2.75, 3.05) is 25.0 Å². The van der Waals surface area contributed by atoms with E-state index < -0.39 is 48.5 Å². The van der Waals surface area contributed by atoms with Crippen LogP contribution in [0, 0.1) is 11.8 Å². The van der Waals surface area contributed by atoms with Crippen LogP contribution in [0.1, 0.15) is 59.6 Å². The lowest BCUT2D eigenvalue weighted by Gasteiger charge is -2.30. The highest BCUT2D eigenvalue weighted by Gasteiger charge is 2.54. The predicted molar refractivity (Wildman–Crippen MR) is 157 cm³/mol. The van der Waals surface area contributed by atoms with Crippen LogP contribution >= 0.6 is 15.9 Å². The zero-order valence-electron chi connectivity index (χ0n) is 22.8. The highest BCUT2D eigenvalue weighted by molar-refractivity contribution is 9.10. The smallest absolute Gasteiger partial charge is 0.305 e. The third-order valence-electron chi connectivity index (χ3n) is 7.72. The van der Waals surface area contributed by atoms with Crippen molar-refractivity contribution in [3.63, 3.8) is 0 Å². The molecule has 42 heavy (non-hydrogen) atoms. The molecular formula is C29H34BrN5O7. The van der Waals surface area contributed by atoms with Gasteiger partial charge in [-0.2, -0.15) is 0 Å². The molecule has 0 bridgehead atoms. The number of β-amino-alcohol motifs (C(OH)–C–C–N with tert-alkyl or cyclic N) is 1. The summed E-state index contributed by atoms with van der Waals surface area (Å²) in [6, 6.07) is 8.58. The number of aliphatic imine (C=N–C) groups is 1. The number of aliphatic carboxylic acids is 1. The minimum Gasteiger partial charge on any atom is -0.508 e. The number of hydrogen-bond acceptors (Lipinski definition) is 9. The van der Waals surface area contributed by atoms with Gasteiger partial charge in [0, 0.05) is 28.3 Å². The second kappa shape index (κ2) is 12.3. The van der Waals surface area contributed by atoms with Gasteiger partial charge in [-0.05, 0) is 72.9 Å². The zero-order chi connectivity index (χ0) is 30.0. The lowest BCUT2D eigenvalue weighted by Crippen LogP contribution is -2.42. The number of carboxylic acid groups (broad SMARTS) is 1. The summed E-state index contributed by atoms with van der Waals surface area (Å²) in [5.41, 5.74) is 0.738. The Morgan fingerprint density at radius 3 is 2.40 bits per heavy atom. The highest BCUT2D eigenvalue weighted by Crippen LogP contribution is 2.57. The lowest BCUT2D eigenvalue weighted by atomic mass is 9.82. The average Bonchev–Trinajstić information content (AvgIpc) is 3.84.